The van der Waals surface area contributed by atoms with Crippen molar-refractivity contribution in [3.63, 3.8) is 0 Å². The summed E-state index contributed by atoms with van der Waals surface area (Å²) in [6.07, 6.45) is 1.33. The highest BCUT2D eigenvalue weighted by atomic mass is 32.1. The van der Waals surface area contributed by atoms with E-state index in [1.807, 2.05) is 0 Å². The lowest BCUT2D eigenvalue weighted by molar-refractivity contribution is -0.134. The minimum Gasteiger partial charge on any atom is -0.477 e. The molecule has 1 rings (SSSR count). The lowest BCUT2D eigenvalue weighted by Gasteiger charge is -2.01. The van der Waals surface area contributed by atoms with Crippen molar-refractivity contribution < 1.29 is 19.5 Å². The van der Waals surface area contributed by atoms with Crippen LogP contribution in [-0.4, -0.2) is 22.9 Å². The number of thiophene rings is 1. The quantitative estimate of drug-likeness (QED) is 0.716. The summed E-state index contributed by atoms with van der Waals surface area (Å²) in [5.74, 6) is -1.88. The maximum absolute atomic E-state index is 10.9. The standard InChI is InChI=1S/C11H12N2O4S/c1-6(14)12-9(11(16)17)5-8-3-4-10(18-8)13-7(2)15/h3-5H,1-2H3,(H,12,14)(H,13,15)(H,16,17)/b9-5+. The molecule has 0 atom stereocenters. The molecule has 0 saturated heterocycles. The zero-order valence-corrected chi connectivity index (χ0v) is 10.6. The van der Waals surface area contributed by atoms with Gasteiger partial charge in [-0.05, 0) is 18.2 Å². The number of rotatable bonds is 4. The van der Waals surface area contributed by atoms with Crippen LogP contribution in [0.25, 0.3) is 6.08 Å². The van der Waals surface area contributed by atoms with Gasteiger partial charge in [-0.2, -0.15) is 0 Å². The number of carboxylic acid groups (broad SMARTS) is 1. The highest BCUT2D eigenvalue weighted by Gasteiger charge is 2.09. The summed E-state index contributed by atoms with van der Waals surface area (Å²) in [7, 11) is 0. The lowest BCUT2D eigenvalue weighted by atomic mass is 10.3. The molecule has 3 N–H and O–H groups in total. The summed E-state index contributed by atoms with van der Waals surface area (Å²) < 4.78 is 0. The third kappa shape index (κ3) is 4.38. The van der Waals surface area contributed by atoms with Crippen molar-refractivity contribution in [2.24, 2.45) is 0 Å². The van der Waals surface area contributed by atoms with Crippen LogP contribution in [0.15, 0.2) is 17.8 Å². The normalized spacial score (nSPS) is 10.9. The monoisotopic (exact) mass is 268 g/mol. The van der Waals surface area contributed by atoms with Gasteiger partial charge in [0.1, 0.15) is 5.70 Å². The molecule has 1 aromatic rings. The molecule has 0 aliphatic heterocycles. The van der Waals surface area contributed by atoms with E-state index < -0.39 is 11.9 Å². The Labute approximate surface area is 107 Å². The minimum absolute atomic E-state index is 0.201. The Morgan fingerprint density at radius 2 is 1.89 bits per heavy atom. The number of carbonyl (C=O) groups is 3. The second-order valence-corrected chi connectivity index (χ2v) is 4.54. The number of anilines is 1. The number of nitrogens with one attached hydrogen (secondary N) is 2. The summed E-state index contributed by atoms with van der Waals surface area (Å²) >= 11 is 1.21. The molecule has 1 aromatic heterocycles. The van der Waals surface area contributed by atoms with Crippen LogP contribution in [0.2, 0.25) is 0 Å². The predicted octanol–water partition coefficient (Wildman–Crippen LogP) is 1.27. The van der Waals surface area contributed by atoms with E-state index in [1.165, 1.54) is 31.3 Å². The lowest BCUT2D eigenvalue weighted by Crippen LogP contribution is -2.24. The fourth-order valence-electron chi connectivity index (χ4n) is 1.15. The van der Waals surface area contributed by atoms with Gasteiger partial charge in [0, 0.05) is 18.7 Å². The van der Waals surface area contributed by atoms with Gasteiger partial charge in [0.2, 0.25) is 11.8 Å². The van der Waals surface area contributed by atoms with Crippen molar-refractivity contribution in [2.45, 2.75) is 13.8 Å². The van der Waals surface area contributed by atoms with E-state index in [0.717, 1.165) is 0 Å². The number of carboxylic acids is 1. The molecule has 0 aliphatic rings. The van der Waals surface area contributed by atoms with Crippen LogP contribution < -0.4 is 10.6 Å². The zero-order valence-electron chi connectivity index (χ0n) is 9.81. The van der Waals surface area contributed by atoms with Crippen molar-refractivity contribution in [2.75, 3.05) is 5.32 Å². The van der Waals surface area contributed by atoms with E-state index in [0.29, 0.717) is 9.88 Å². The van der Waals surface area contributed by atoms with Gasteiger partial charge in [0.05, 0.1) is 5.00 Å². The molecule has 0 unspecified atom stereocenters. The SMILES string of the molecule is CC(=O)N/C(=C/c1ccc(NC(C)=O)s1)C(=O)O. The van der Waals surface area contributed by atoms with E-state index in [-0.39, 0.29) is 11.6 Å². The van der Waals surface area contributed by atoms with Gasteiger partial charge in [0.25, 0.3) is 0 Å². The molecular formula is C11H12N2O4S. The van der Waals surface area contributed by atoms with Gasteiger partial charge in [-0.3, -0.25) is 9.59 Å². The number of aliphatic carboxylic acids is 1. The minimum atomic E-state index is -1.22. The fraction of sp³-hybridized carbons (Fsp3) is 0.182. The van der Waals surface area contributed by atoms with Crippen molar-refractivity contribution in [3.05, 3.63) is 22.7 Å². The second kappa shape index (κ2) is 5.97. The van der Waals surface area contributed by atoms with Gasteiger partial charge < -0.3 is 15.7 Å². The first-order chi connectivity index (χ1) is 8.38. The highest BCUT2D eigenvalue weighted by molar-refractivity contribution is 7.17. The van der Waals surface area contributed by atoms with Crippen LogP contribution >= 0.6 is 11.3 Å². The Hall–Kier alpha value is -2.15. The van der Waals surface area contributed by atoms with Crippen LogP contribution in [0, 0.1) is 0 Å². The van der Waals surface area contributed by atoms with E-state index in [1.54, 1.807) is 12.1 Å². The zero-order chi connectivity index (χ0) is 13.7. The molecule has 96 valence electrons. The maximum atomic E-state index is 10.9. The molecule has 2 amide bonds. The van der Waals surface area contributed by atoms with Crippen LogP contribution in [-0.2, 0) is 14.4 Å². The first-order valence-corrected chi connectivity index (χ1v) is 5.80. The van der Waals surface area contributed by atoms with Gasteiger partial charge in [-0.25, -0.2) is 4.79 Å². The molecular weight excluding hydrogens is 256 g/mol. The molecule has 0 bridgehead atoms. The molecule has 7 heteroatoms. The number of hydrogen-bond acceptors (Lipinski definition) is 4. The molecule has 0 fully saturated rings. The topological polar surface area (TPSA) is 95.5 Å². The van der Waals surface area contributed by atoms with Crippen LogP contribution in [0.1, 0.15) is 18.7 Å². The number of hydrogen-bond donors (Lipinski definition) is 3. The maximum Gasteiger partial charge on any atom is 0.352 e. The molecule has 0 aliphatic carbocycles. The average molecular weight is 268 g/mol. The Balaban J connectivity index is 2.91. The third-order valence-corrected chi connectivity index (χ3v) is 2.70. The summed E-state index contributed by atoms with van der Waals surface area (Å²) in [4.78, 5) is 33.1. The first kappa shape index (κ1) is 13.9. The van der Waals surface area contributed by atoms with Crippen molar-refractivity contribution in [1.82, 2.24) is 5.32 Å². The molecule has 1 heterocycles. The Kier molecular flexibility index (Phi) is 4.61. The van der Waals surface area contributed by atoms with Gasteiger partial charge in [-0.15, -0.1) is 11.3 Å². The van der Waals surface area contributed by atoms with E-state index in [4.69, 9.17) is 5.11 Å². The summed E-state index contributed by atoms with van der Waals surface area (Å²) in [5, 5.41) is 14.3. The van der Waals surface area contributed by atoms with E-state index >= 15 is 0 Å². The molecule has 0 radical (unpaired) electrons. The highest BCUT2D eigenvalue weighted by Crippen LogP contribution is 2.23. The van der Waals surface area contributed by atoms with E-state index in [2.05, 4.69) is 10.6 Å². The Bertz CT molecular complexity index is 519. The van der Waals surface area contributed by atoms with Crippen molar-refractivity contribution in [3.8, 4) is 0 Å². The van der Waals surface area contributed by atoms with Crippen molar-refractivity contribution in [1.29, 1.82) is 0 Å². The molecule has 6 nitrogen and oxygen atoms in total. The molecule has 0 aromatic carbocycles. The van der Waals surface area contributed by atoms with Crippen LogP contribution in [0.4, 0.5) is 5.00 Å². The van der Waals surface area contributed by atoms with Gasteiger partial charge in [0.15, 0.2) is 0 Å². The van der Waals surface area contributed by atoms with Crippen molar-refractivity contribution >= 4 is 40.2 Å². The molecule has 18 heavy (non-hydrogen) atoms. The van der Waals surface area contributed by atoms with E-state index in [9.17, 15) is 14.4 Å². The predicted molar refractivity (Wildman–Crippen MR) is 68.1 cm³/mol. The summed E-state index contributed by atoms with van der Waals surface area (Å²) in [6, 6.07) is 3.31. The first-order valence-electron chi connectivity index (χ1n) is 4.98. The fourth-order valence-corrected chi connectivity index (χ4v) is 2.05. The third-order valence-electron chi connectivity index (χ3n) is 1.75. The van der Waals surface area contributed by atoms with Gasteiger partial charge >= 0.3 is 5.97 Å². The summed E-state index contributed by atoms with van der Waals surface area (Å²) in [6.45, 7) is 2.61. The average Bonchev–Trinajstić information content (AvgIpc) is 2.62. The molecule has 0 spiro atoms. The molecule has 0 saturated carbocycles. The smallest absolute Gasteiger partial charge is 0.352 e. The summed E-state index contributed by atoms with van der Waals surface area (Å²) in [5.41, 5.74) is -0.210. The second-order valence-electron chi connectivity index (χ2n) is 3.43. The Morgan fingerprint density at radius 1 is 1.22 bits per heavy atom. The van der Waals surface area contributed by atoms with Crippen LogP contribution in [0.5, 0.6) is 0 Å². The van der Waals surface area contributed by atoms with Crippen LogP contribution in [0.3, 0.4) is 0 Å². The Morgan fingerprint density at radius 3 is 2.39 bits per heavy atom. The van der Waals surface area contributed by atoms with Gasteiger partial charge in [-0.1, -0.05) is 0 Å². The largest absolute Gasteiger partial charge is 0.477 e. The number of amides is 2. The number of carbonyl (C=O) groups excluding carboxylic acids is 2.